The van der Waals surface area contributed by atoms with Gasteiger partial charge in [0.05, 0.1) is 17.8 Å². The van der Waals surface area contributed by atoms with E-state index in [1.165, 1.54) is 0 Å². The van der Waals surface area contributed by atoms with E-state index in [1.54, 1.807) is 6.20 Å². The van der Waals surface area contributed by atoms with E-state index in [2.05, 4.69) is 18.8 Å². The molecule has 2 aromatic rings. The zero-order valence-electron chi connectivity index (χ0n) is 11.4. The van der Waals surface area contributed by atoms with Gasteiger partial charge in [0.1, 0.15) is 12.4 Å². The van der Waals surface area contributed by atoms with Crippen LogP contribution in [0.2, 0.25) is 0 Å². The summed E-state index contributed by atoms with van der Waals surface area (Å²) in [5.41, 5.74) is 7.34. The minimum Gasteiger partial charge on any atom is -0.490 e. The quantitative estimate of drug-likeness (QED) is 0.641. The highest BCUT2D eigenvalue weighted by Crippen LogP contribution is 2.27. The van der Waals surface area contributed by atoms with Crippen molar-refractivity contribution >= 4 is 16.6 Å². The lowest BCUT2D eigenvalue weighted by Crippen LogP contribution is -2.10. The van der Waals surface area contributed by atoms with Crippen molar-refractivity contribution in [2.75, 3.05) is 25.6 Å². The largest absolute Gasteiger partial charge is 0.490 e. The minimum absolute atomic E-state index is 0.528. The summed E-state index contributed by atoms with van der Waals surface area (Å²) in [4.78, 5) is 4.27. The van der Waals surface area contributed by atoms with Crippen molar-refractivity contribution in [3.63, 3.8) is 0 Å². The topological polar surface area (TPSA) is 57.4 Å². The van der Waals surface area contributed by atoms with Gasteiger partial charge in [0, 0.05) is 18.2 Å². The van der Waals surface area contributed by atoms with Crippen LogP contribution in [0.3, 0.4) is 0 Å². The first-order chi connectivity index (χ1) is 9.18. The van der Waals surface area contributed by atoms with Gasteiger partial charge in [-0.2, -0.15) is 0 Å². The summed E-state index contributed by atoms with van der Waals surface area (Å²) in [5, 5.41) is 0.936. The van der Waals surface area contributed by atoms with Gasteiger partial charge in [-0.25, -0.2) is 0 Å². The number of para-hydroxylation sites is 1. The normalized spacial score (nSPS) is 11.1. The molecule has 4 heteroatoms. The van der Waals surface area contributed by atoms with Crippen molar-refractivity contribution in [1.82, 2.24) is 4.98 Å². The molecular weight excluding hydrogens is 240 g/mol. The van der Waals surface area contributed by atoms with Crippen LogP contribution in [0.15, 0.2) is 30.5 Å². The Morgan fingerprint density at radius 3 is 2.84 bits per heavy atom. The lowest BCUT2D eigenvalue weighted by Gasteiger charge is -2.11. The van der Waals surface area contributed by atoms with E-state index in [0.29, 0.717) is 24.8 Å². The van der Waals surface area contributed by atoms with Crippen LogP contribution in [0, 0.1) is 5.92 Å². The van der Waals surface area contributed by atoms with Crippen molar-refractivity contribution in [1.29, 1.82) is 0 Å². The lowest BCUT2D eigenvalue weighted by atomic mass is 10.2. The Balaban J connectivity index is 1.99. The van der Waals surface area contributed by atoms with Gasteiger partial charge in [0.15, 0.2) is 0 Å². The van der Waals surface area contributed by atoms with Crippen LogP contribution in [0.25, 0.3) is 10.9 Å². The molecular formula is C15H20N2O2. The molecule has 0 unspecified atom stereocenters. The number of aromatic nitrogens is 1. The lowest BCUT2D eigenvalue weighted by molar-refractivity contribution is 0.0823. The second kappa shape index (κ2) is 6.38. The highest BCUT2D eigenvalue weighted by atomic mass is 16.5. The van der Waals surface area contributed by atoms with Crippen LogP contribution in [-0.4, -0.2) is 24.8 Å². The molecule has 0 bridgehead atoms. The first kappa shape index (κ1) is 13.6. The van der Waals surface area contributed by atoms with Crippen molar-refractivity contribution in [3.8, 4) is 5.75 Å². The number of fused-ring (bicyclic) bond motifs is 1. The molecule has 2 rings (SSSR count). The number of ether oxygens (including phenoxy) is 2. The van der Waals surface area contributed by atoms with Crippen LogP contribution < -0.4 is 10.5 Å². The summed E-state index contributed by atoms with van der Waals surface area (Å²) in [7, 11) is 0. The summed E-state index contributed by atoms with van der Waals surface area (Å²) in [6.07, 6.45) is 1.71. The van der Waals surface area contributed by atoms with E-state index in [1.807, 2.05) is 24.3 Å². The number of rotatable bonds is 6. The predicted octanol–water partition coefficient (Wildman–Crippen LogP) is 2.87. The van der Waals surface area contributed by atoms with Crippen LogP contribution in [0.4, 0.5) is 5.69 Å². The molecule has 0 aliphatic carbocycles. The smallest absolute Gasteiger partial charge is 0.130 e. The van der Waals surface area contributed by atoms with E-state index < -0.39 is 0 Å². The van der Waals surface area contributed by atoms with Crippen LogP contribution >= 0.6 is 0 Å². The number of nitrogen functional groups attached to an aromatic ring is 1. The third-order valence-corrected chi connectivity index (χ3v) is 2.70. The monoisotopic (exact) mass is 260 g/mol. The molecule has 0 aliphatic heterocycles. The van der Waals surface area contributed by atoms with Gasteiger partial charge in [-0.1, -0.05) is 19.9 Å². The Labute approximate surface area is 113 Å². The molecule has 0 saturated heterocycles. The molecule has 0 saturated carbocycles. The molecule has 19 heavy (non-hydrogen) atoms. The fourth-order valence-corrected chi connectivity index (χ4v) is 1.83. The second-order valence-corrected chi connectivity index (χ2v) is 4.87. The SMILES string of the molecule is CC(C)COCCOc1ccnc2c(N)cccc12. The first-order valence-electron chi connectivity index (χ1n) is 6.52. The Morgan fingerprint density at radius 2 is 2.05 bits per heavy atom. The number of hydrogen-bond acceptors (Lipinski definition) is 4. The number of benzene rings is 1. The molecule has 0 amide bonds. The van der Waals surface area contributed by atoms with Gasteiger partial charge in [-0.3, -0.25) is 4.98 Å². The maximum atomic E-state index is 5.89. The summed E-state index contributed by atoms with van der Waals surface area (Å²) in [5.74, 6) is 1.34. The maximum absolute atomic E-state index is 5.89. The number of hydrogen-bond donors (Lipinski definition) is 1. The highest BCUT2D eigenvalue weighted by Gasteiger charge is 2.05. The summed E-state index contributed by atoms with van der Waals surface area (Å²) in [6.45, 7) is 6.12. The Kier molecular flexibility index (Phi) is 4.58. The van der Waals surface area contributed by atoms with Crippen LogP contribution in [0.5, 0.6) is 5.75 Å². The molecule has 1 aromatic carbocycles. The van der Waals surface area contributed by atoms with Gasteiger partial charge < -0.3 is 15.2 Å². The Bertz CT molecular complexity index is 541. The Morgan fingerprint density at radius 1 is 1.21 bits per heavy atom. The van der Waals surface area contributed by atoms with E-state index in [-0.39, 0.29) is 0 Å². The van der Waals surface area contributed by atoms with Crippen molar-refractivity contribution < 1.29 is 9.47 Å². The molecule has 0 aliphatic rings. The van der Waals surface area contributed by atoms with E-state index in [0.717, 1.165) is 23.3 Å². The summed E-state index contributed by atoms with van der Waals surface area (Å²) < 4.78 is 11.2. The average Bonchev–Trinajstić information content (AvgIpc) is 2.39. The average molecular weight is 260 g/mol. The van der Waals surface area contributed by atoms with Gasteiger partial charge in [-0.05, 0) is 24.1 Å². The van der Waals surface area contributed by atoms with Crippen LogP contribution in [-0.2, 0) is 4.74 Å². The molecule has 4 nitrogen and oxygen atoms in total. The van der Waals surface area contributed by atoms with Gasteiger partial charge in [-0.15, -0.1) is 0 Å². The molecule has 0 spiro atoms. The number of nitrogens with zero attached hydrogens (tertiary/aromatic N) is 1. The molecule has 2 N–H and O–H groups in total. The van der Waals surface area contributed by atoms with Crippen LogP contribution in [0.1, 0.15) is 13.8 Å². The molecule has 0 atom stereocenters. The van der Waals surface area contributed by atoms with Crippen molar-refractivity contribution in [2.45, 2.75) is 13.8 Å². The van der Waals surface area contributed by atoms with E-state index >= 15 is 0 Å². The second-order valence-electron chi connectivity index (χ2n) is 4.87. The summed E-state index contributed by atoms with van der Waals surface area (Å²) in [6, 6.07) is 7.56. The van der Waals surface area contributed by atoms with Gasteiger partial charge in [0.25, 0.3) is 0 Å². The number of anilines is 1. The fourth-order valence-electron chi connectivity index (χ4n) is 1.83. The summed E-state index contributed by atoms with van der Waals surface area (Å²) >= 11 is 0. The molecule has 102 valence electrons. The fraction of sp³-hybridized carbons (Fsp3) is 0.400. The predicted molar refractivity (Wildman–Crippen MR) is 77.3 cm³/mol. The Hall–Kier alpha value is -1.81. The van der Waals surface area contributed by atoms with Crippen molar-refractivity contribution in [2.24, 2.45) is 5.92 Å². The molecule has 1 heterocycles. The van der Waals surface area contributed by atoms with Gasteiger partial charge >= 0.3 is 0 Å². The molecule has 0 fully saturated rings. The highest BCUT2D eigenvalue weighted by molar-refractivity contribution is 5.93. The zero-order chi connectivity index (χ0) is 13.7. The first-order valence-corrected chi connectivity index (χ1v) is 6.52. The maximum Gasteiger partial charge on any atom is 0.130 e. The number of pyridine rings is 1. The molecule has 1 aromatic heterocycles. The zero-order valence-corrected chi connectivity index (χ0v) is 11.4. The van der Waals surface area contributed by atoms with Gasteiger partial charge in [0.2, 0.25) is 0 Å². The van der Waals surface area contributed by atoms with E-state index in [4.69, 9.17) is 15.2 Å². The van der Waals surface area contributed by atoms with Crippen molar-refractivity contribution in [3.05, 3.63) is 30.5 Å². The standard InChI is InChI=1S/C15H20N2O2/c1-11(2)10-18-8-9-19-14-6-7-17-15-12(14)4-3-5-13(15)16/h3-7,11H,8-10,16H2,1-2H3. The minimum atomic E-state index is 0.528. The third kappa shape index (κ3) is 3.58. The third-order valence-electron chi connectivity index (χ3n) is 2.70. The van der Waals surface area contributed by atoms with E-state index in [9.17, 15) is 0 Å². The molecule has 0 radical (unpaired) electrons. The number of nitrogens with two attached hydrogens (primary N) is 1.